The molecule has 1 saturated heterocycles. The number of methoxy groups -OCH3 is 1. The summed E-state index contributed by atoms with van der Waals surface area (Å²) in [6.07, 6.45) is 5.01. The van der Waals surface area contributed by atoms with E-state index >= 15 is 0 Å². The first kappa shape index (κ1) is 17.2. The Morgan fingerprint density at radius 1 is 1.20 bits per heavy atom. The van der Waals surface area contributed by atoms with Gasteiger partial charge in [0.25, 0.3) is 0 Å². The summed E-state index contributed by atoms with van der Waals surface area (Å²) in [5, 5.41) is 2.79. The highest BCUT2D eigenvalue weighted by Crippen LogP contribution is 2.36. The molecule has 25 heavy (non-hydrogen) atoms. The maximum atomic E-state index is 12.5. The number of para-hydroxylation sites is 1. The Labute approximate surface area is 146 Å². The zero-order valence-corrected chi connectivity index (χ0v) is 14.4. The minimum Gasteiger partial charge on any atom is -0.496 e. The van der Waals surface area contributed by atoms with E-state index in [-0.39, 0.29) is 36.1 Å². The van der Waals surface area contributed by atoms with Gasteiger partial charge in [0, 0.05) is 12.1 Å². The molecule has 0 radical (unpaired) electrons. The van der Waals surface area contributed by atoms with Crippen molar-refractivity contribution in [3.8, 4) is 5.75 Å². The molecule has 1 aromatic rings. The molecule has 2 unspecified atom stereocenters. The number of carbonyl (C=O) groups is 3. The van der Waals surface area contributed by atoms with Crippen molar-refractivity contribution in [1.29, 1.82) is 0 Å². The van der Waals surface area contributed by atoms with Crippen LogP contribution in [0.3, 0.4) is 0 Å². The predicted octanol–water partition coefficient (Wildman–Crippen LogP) is 1.65. The van der Waals surface area contributed by atoms with E-state index in [1.807, 2.05) is 36.4 Å². The third-order valence-corrected chi connectivity index (χ3v) is 4.95. The number of nitrogens with one attached hydrogen (secondary N) is 1. The zero-order valence-electron chi connectivity index (χ0n) is 14.4. The van der Waals surface area contributed by atoms with Gasteiger partial charge in [-0.2, -0.15) is 0 Å². The maximum Gasteiger partial charge on any atom is 0.243 e. The van der Waals surface area contributed by atoms with Gasteiger partial charge >= 0.3 is 0 Å². The number of amides is 3. The molecule has 1 fully saturated rings. The van der Waals surface area contributed by atoms with Crippen molar-refractivity contribution < 1.29 is 19.1 Å². The van der Waals surface area contributed by atoms with Crippen molar-refractivity contribution in [3.63, 3.8) is 0 Å². The van der Waals surface area contributed by atoms with Crippen molar-refractivity contribution in [2.24, 2.45) is 11.8 Å². The number of hydrogen-bond acceptors (Lipinski definition) is 4. The average Bonchev–Trinajstić information content (AvgIpc) is 2.90. The summed E-state index contributed by atoms with van der Waals surface area (Å²) in [4.78, 5) is 38.7. The fraction of sp³-hybridized carbons (Fsp3) is 0.421. The quantitative estimate of drug-likeness (QED) is 0.652. The number of rotatable bonds is 5. The molecule has 1 aromatic carbocycles. The highest BCUT2D eigenvalue weighted by atomic mass is 16.5. The maximum absolute atomic E-state index is 12.5. The number of carbonyl (C=O) groups excluding carboxylic acids is 3. The first-order chi connectivity index (χ1) is 12.0. The monoisotopic (exact) mass is 342 g/mol. The van der Waals surface area contributed by atoms with Crippen LogP contribution in [0.4, 0.5) is 0 Å². The first-order valence-corrected chi connectivity index (χ1v) is 8.46. The van der Waals surface area contributed by atoms with Crippen molar-refractivity contribution >= 4 is 17.7 Å². The number of likely N-dealkylation sites (tertiary alicyclic amines) is 1. The molecule has 132 valence electrons. The second kappa shape index (κ2) is 7.09. The SMILES string of the molecule is COc1ccccc1CNC(=O)[C@H](C)N1C(=O)C2CC=CCC2C1=O. The number of hydrogen-bond donors (Lipinski definition) is 1. The fourth-order valence-corrected chi connectivity index (χ4v) is 3.50. The highest BCUT2D eigenvalue weighted by molar-refractivity contribution is 6.08. The summed E-state index contributed by atoms with van der Waals surface area (Å²) in [7, 11) is 1.57. The molecule has 6 nitrogen and oxygen atoms in total. The van der Waals surface area contributed by atoms with E-state index in [4.69, 9.17) is 4.74 Å². The zero-order chi connectivity index (χ0) is 18.0. The second-order valence-corrected chi connectivity index (χ2v) is 6.41. The molecule has 1 heterocycles. The summed E-state index contributed by atoms with van der Waals surface area (Å²) in [5.74, 6) is -0.775. The fourth-order valence-electron chi connectivity index (χ4n) is 3.50. The third kappa shape index (κ3) is 3.16. The minimum atomic E-state index is -0.819. The molecule has 1 aliphatic heterocycles. The van der Waals surface area contributed by atoms with Crippen LogP contribution in [0.2, 0.25) is 0 Å². The third-order valence-electron chi connectivity index (χ3n) is 4.95. The van der Waals surface area contributed by atoms with E-state index in [0.29, 0.717) is 18.6 Å². The number of benzene rings is 1. The van der Waals surface area contributed by atoms with Gasteiger partial charge in [0.05, 0.1) is 18.9 Å². The van der Waals surface area contributed by atoms with Crippen LogP contribution in [0.1, 0.15) is 25.3 Å². The van der Waals surface area contributed by atoms with Crippen LogP contribution >= 0.6 is 0 Å². The van der Waals surface area contributed by atoms with Gasteiger partial charge in [0.1, 0.15) is 11.8 Å². The van der Waals surface area contributed by atoms with Crippen molar-refractivity contribution in [1.82, 2.24) is 10.2 Å². The first-order valence-electron chi connectivity index (χ1n) is 8.46. The summed E-state index contributed by atoms with van der Waals surface area (Å²) < 4.78 is 5.26. The van der Waals surface area contributed by atoms with E-state index in [1.54, 1.807) is 14.0 Å². The van der Waals surface area contributed by atoms with Crippen molar-refractivity contribution in [2.45, 2.75) is 32.4 Å². The van der Waals surface area contributed by atoms with E-state index in [9.17, 15) is 14.4 Å². The molecule has 3 atom stereocenters. The number of allylic oxidation sites excluding steroid dienone is 2. The van der Waals surface area contributed by atoms with E-state index in [2.05, 4.69) is 5.32 Å². The lowest BCUT2D eigenvalue weighted by Crippen LogP contribution is -2.48. The molecule has 3 amide bonds. The van der Waals surface area contributed by atoms with Gasteiger partial charge in [-0.3, -0.25) is 19.3 Å². The average molecular weight is 342 g/mol. The Hall–Kier alpha value is -2.63. The van der Waals surface area contributed by atoms with Crippen LogP contribution in [0.25, 0.3) is 0 Å². The van der Waals surface area contributed by atoms with Gasteiger partial charge in [-0.05, 0) is 25.8 Å². The van der Waals surface area contributed by atoms with E-state index in [1.165, 1.54) is 0 Å². The highest BCUT2D eigenvalue weighted by Gasteiger charge is 2.50. The van der Waals surface area contributed by atoms with Crippen LogP contribution in [0.15, 0.2) is 36.4 Å². The summed E-state index contributed by atoms with van der Waals surface area (Å²) in [6.45, 7) is 1.87. The van der Waals surface area contributed by atoms with E-state index in [0.717, 1.165) is 10.5 Å². The van der Waals surface area contributed by atoms with Crippen LogP contribution < -0.4 is 10.1 Å². The van der Waals surface area contributed by atoms with Gasteiger partial charge < -0.3 is 10.1 Å². The molecule has 0 saturated carbocycles. The van der Waals surface area contributed by atoms with Gasteiger partial charge in [0.15, 0.2) is 0 Å². The minimum absolute atomic E-state index is 0.237. The van der Waals surface area contributed by atoms with Crippen molar-refractivity contribution in [3.05, 3.63) is 42.0 Å². The van der Waals surface area contributed by atoms with E-state index < -0.39 is 6.04 Å². The van der Waals surface area contributed by atoms with Gasteiger partial charge in [-0.25, -0.2) is 0 Å². The largest absolute Gasteiger partial charge is 0.496 e. The topological polar surface area (TPSA) is 75.7 Å². The summed E-state index contributed by atoms with van der Waals surface area (Å²) >= 11 is 0. The number of ether oxygens (including phenoxy) is 1. The van der Waals surface area contributed by atoms with Crippen LogP contribution in [0, 0.1) is 11.8 Å². The molecule has 3 rings (SSSR count). The molecular formula is C19H22N2O4. The number of fused-ring (bicyclic) bond motifs is 1. The predicted molar refractivity (Wildman–Crippen MR) is 91.5 cm³/mol. The Morgan fingerprint density at radius 3 is 2.40 bits per heavy atom. The molecular weight excluding hydrogens is 320 g/mol. The Balaban J connectivity index is 1.66. The Bertz CT molecular complexity index is 702. The smallest absolute Gasteiger partial charge is 0.243 e. The molecule has 2 aliphatic rings. The molecule has 1 N–H and O–H groups in total. The van der Waals surface area contributed by atoms with Crippen LogP contribution in [-0.4, -0.2) is 35.8 Å². The second-order valence-electron chi connectivity index (χ2n) is 6.41. The molecule has 0 bridgehead atoms. The summed E-state index contributed by atoms with van der Waals surface area (Å²) in [5.41, 5.74) is 0.836. The van der Waals surface area contributed by atoms with Crippen molar-refractivity contribution in [2.75, 3.05) is 7.11 Å². The summed E-state index contributed by atoms with van der Waals surface area (Å²) in [6, 6.07) is 6.56. The van der Waals surface area contributed by atoms with Crippen LogP contribution in [0.5, 0.6) is 5.75 Å². The van der Waals surface area contributed by atoms with Crippen LogP contribution in [-0.2, 0) is 20.9 Å². The number of nitrogens with zero attached hydrogens (tertiary/aromatic N) is 1. The Morgan fingerprint density at radius 2 is 1.80 bits per heavy atom. The number of imide groups is 1. The lowest BCUT2D eigenvalue weighted by atomic mass is 9.85. The Kier molecular flexibility index (Phi) is 4.88. The molecule has 1 aliphatic carbocycles. The standard InChI is InChI=1S/C19H22N2O4/c1-12(17(22)20-11-13-7-3-6-10-16(13)25-2)21-18(23)14-8-4-5-9-15(14)19(21)24/h3-7,10,12,14-15H,8-9,11H2,1-2H3,(H,20,22)/t12-,14?,15?/m0/s1. The molecule has 6 heteroatoms. The van der Waals surface area contributed by atoms with Gasteiger partial charge in [-0.1, -0.05) is 30.4 Å². The normalized spacial score (nSPS) is 23.4. The lowest BCUT2D eigenvalue weighted by molar-refractivity contribution is -0.147. The van der Waals surface area contributed by atoms with Gasteiger partial charge in [-0.15, -0.1) is 0 Å². The van der Waals surface area contributed by atoms with Gasteiger partial charge in [0.2, 0.25) is 17.7 Å². The molecule has 0 aromatic heterocycles. The molecule has 0 spiro atoms. The lowest BCUT2D eigenvalue weighted by Gasteiger charge is -2.22.